The van der Waals surface area contributed by atoms with Crippen LogP contribution < -0.4 is 10.1 Å². The van der Waals surface area contributed by atoms with Gasteiger partial charge in [-0.2, -0.15) is 0 Å². The zero-order valence-electron chi connectivity index (χ0n) is 18.1. The first-order valence-electron chi connectivity index (χ1n) is 10.8. The molecule has 2 heterocycles. The Labute approximate surface area is 202 Å². The molecule has 3 aromatic rings. The lowest BCUT2D eigenvalue weighted by atomic mass is 10.2. The Hall–Kier alpha value is -2.65. The summed E-state index contributed by atoms with van der Waals surface area (Å²) in [5.41, 5.74) is 0.587. The SMILES string of the molecule is O=C(NCCCN1CCOCC1)c1ccc(Oc2nccnc2Sc2ccc(Cl)cc2)cc1. The highest BCUT2D eigenvalue weighted by atomic mass is 35.5. The van der Waals surface area contributed by atoms with Crippen LogP contribution >= 0.6 is 23.4 Å². The molecule has 9 heteroatoms. The normalized spacial score (nSPS) is 14.1. The largest absolute Gasteiger partial charge is 0.437 e. The summed E-state index contributed by atoms with van der Waals surface area (Å²) in [4.78, 5) is 24.5. The van der Waals surface area contributed by atoms with E-state index in [-0.39, 0.29) is 5.91 Å². The number of carbonyl (C=O) groups is 1. The average molecular weight is 485 g/mol. The van der Waals surface area contributed by atoms with Gasteiger partial charge in [0.05, 0.1) is 13.2 Å². The Morgan fingerprint density at radius 3 is 2.55 bits per heavy atom. The van der Waals surface area contributed by atoms with Gasteiger partial charge in [-0.3, -0.25) is 9.69 Å². The fraction of sp³-hybridized carbons (Fsp3) is 0.292. The van der Waals surface area contributed by atoms with Gasteiger partial charge in [-0.15, -0.1) is 0 Å². The molecule has 0 aliphatic carbocycles. The lowest BCUT2D eigenvalue weighted by Crippen LogP contribution is -2.38. The highest BCUT2D eigenvalue weighted by Gasteiger charge is 2.12. The number of halogens is 1. The number of carbonyl (C=O) groups excluding carboxylic acids is 1. The highest BCUT2D eigenvalue weighted by Crippen LogP contribution is 2.34. The number of morpholine rings is 1. The third-order valence-corrected chi connectivity index (χ3v) is 6.27. The second-order valence-electron chi connectivity index (χ2n) is 7.41. The quantitative estimate of drug-likeness (QED) is 0.447. The molecule has 1 amide bonds. The first-order valence-corrected chi connectivity index (χ1v) is 12.0. The Balaban J connectivity index is 1.29. The number of amides is 1. The van der Waals surface area contributed by atoms with Gasteiger partial charge in [-0.05, 0) is 61.5 Å². The summed E-state index contributed by atoms with van der Waals surface area (Å²) < 4.78 is 11.3. The number of benzene rings is 2. The summed E-state index contributed by atoms with van der Waals surface area (Å²) in [5, 5.41) is 4.29. The predicted molar refractivity (Wildman–Crippen MR) is 128 cm³/mol. The summed E-state index contributed by atoms with van der Waals surface area (Å²) in [6, 6.07) is 14.5. The van der Waals surface area contributed by atoms with Gasteiger partial charge in [-0.25, -0.2) is 9.97 Å². The number of nitrogens with zero attached hydrogens (tertiary/aromatic N) is 3. The summed E-state index contributed by atoms with van der Waals surface area (Å²) in [6.45, 7) is 5.10. The smallest absolute Gasteiger partial charge is 0.252 e. The molecule has 0 radical (unpaired) electrons. The zero-order chi connectivity index (χ0) is 22.9. The van der Waals surface area contributed by atoms with Gasteiger partial charge < -0.3 is 14.8 Å². The number of ether oxygens (including phenoxy) is 2. The van der Waals surface area contributed by atoms with Crippen molar-refractivity contribution in [3.63, 3.8) is 0 Å². The van der Waals surface area contributed by atoms with Crippen molar-refractivity contribution in [3.8, 4) is 11.6 Å². The van der Waals surface area contributed by atoms with Crippen molar-refractivity contribution >= 4 is 29.3 Å². The molecule has 0 bridgehead atoms. The zero-order valence-corrected chi connectivity index (χ0v) is 19.6. The van der Waals surface area contributed by atoms with Gasteiger partial charge >= 0.3 is 0 Å². The molecule has 0 atom stereocenters. The van der Waals surface area contributed by atoms with E-state index in [9.17, 15) is 4.79 Å². The molecular weight excluding hydrogens is 460 g/mol. The van der Waals surface area contributed by atoms with Crippen LogP contribution in [0.4, 0.5) is 0 Å². The van der Waals surface area contributed by atoms with Crippen molar-refractivity contribution in [1.29, 1.82) is 0 Å². The Bertz CT molecular complexity index is 1040. The molecule has 1 aliphatic rings. The van der Waals surface area contributed by atoms with Crippen molar-refractivity contribution < 1.29 is 14.3 Å². The van der Waals surface area contributed by atoms with E-state index in [4.69, 9.17) is 21.1 Å². The molecule has 1 aromatic heterocycles. The number of aromatic nitrogens is 2. The van der Waals surface area contributed by atoms with E-state index in [1.165, 1.54) is 11.8 Å². The molecule has 2 aromatic carbocycles. The van der Waals surface area contributed by atoms with Crippen molar-refractivity contribution in [1.82, 2.24) is 20.2 Å². The third kappa shape index (κ3) is 7.17. The first kappa shape index (κ1) is 23.5. The lowest BCUT2D eigenvalue weighted by Gasteiger charge is -2.26. The van der Waals surface area contributed by atoms with E-state index >= 15 is 0 Å². The van der Waals surface area contributed by atoms with Gasteiger partial charge in [0.2, 0.25) is 0 Å². The van der Waals surface area contributed by atoms with Gasteiger partial charge in [0, 0.05) is 47.5 Å². The van der Waals surface area contributed by atoms with Gasteiger partial charge in [0.25, 0.3) is 11.8 Å². The van der Waals surface area contributed by atoms with Gasteiger partial charge in [0.15, 0.2) is 5.03 Å². The molecule has 1 N–H and O–H groups in total. The van der Waals surface area contributed by atoms with Gasteiger partial charge in [0.1, 0.15) is 5.75 Å². The standard InChI is InChI=1S/C24H25ClN4O3S/c25-19-4-8-21(9-5-19)33-24-23(27-11-12-28-24)32-20-6-2-18(3-7-20)22(30)26-10-1-13-29-14-16-31-17-15-29/h2-9,11-12H,1,10,13-17H2,(H,26,30). The average Bonchev–Trinajstić information content (AvgIpc) is 2.85. The molecule has 0 saturated carbocycles. The van der Waals surface area contributed by atoms with Crippen LogP contribution in [0.25, 0.3) is 0 Å². The Kier molecular flexibility index (Phi) is 8.54. The number of rotatable bonds is 9. The van der Waals surface area contributed by atoms with Gasteiger partial charge in [-0.1, -0.05) is 23.4 Å². The molecule has 33 heavy (non-hydrogen) atoms. The molecule has 4 rings (SSSR count). The van der Waals surface area contributed by atoms with Crippen molar-refractivity contribution in [2.75, 3.05) is 39.4 Å². The minimum atomic E-state index is -0.0954. The summed E-state index contributed by atoms with van der Waals surface area (Å²) in [5.74, 6) is 0.886. The summed E-state index contributed by atoms with van der Waals surface area (Å²) >= 11 is 7.40. The Morgan fingerprint density at radius 1 is 1.06 bits per heavy atom. The number of hydrogen-bond acceptors (Lipinski definition) is 7. The summed E-state index contributed by atoms with van der Waals surface area (Å²) in [7, 11) is 0. The van der Waals surface area contributed by atoms with E-state index in [0.29, 0.717) is 33.8 Å². The summed E-state index contributed by atoms with van der Waals surface area (Å²) in [6.07, 6.45) is 4.12. The van der Waals surface area contributed by atoms with E-state index in [1.807, 2.05) is 24.3 Å². The van der Waals surface area contributed by atoms with E-state index in [2.05, 4.69) is 20.2 Å². The van der Waals surface area contributed by atoms with Crippen molar-refractivity contribution in [3.05, 3.63) is 71.5 Å². The minimum Gasteiger partial charge on any atom is -0.437 e. The fourth-order valence-corrected chi connectivity index (χ4v) is 4.20. The van der Waals surface area contributed by atoms with E-state index in [1.54, 1.807) is 36.7 Å². The van der Waals surface area contributed by atoms with Crippen LogP contribution in [0.15, 0.2) is 70.8 Å². The van der Waals surface area contributed by atoms with Crippen LogP contribution in [0, 0.1) is 0 Å². The lowest BCUT2D eigenvalue weighted by molar-refractivity contribution is 0.0374. The van der Waals surface area contributed by atoms with Crippen LogP contribution in [0.3, 0.4) is 0 Å². The van der Waals surface area contributed by atoms with Crippen LogP contribution in [0.2, 0.25) is 5.02 Å². The van der Waals surface area contributed by atoms with Crippen LogP contribution in [0.1, 0.15) is 16.8 Å². The molecule has 0 spiro atoms. The molecular formula is C24H25ClN4O3S. The predicted octanol–water partition coefficient (Wildman–Crippen LogP) is 4.53. The fourth-order valence-electron chi connectivity index (χ4n) is 3.28. The van der Waals surface area contributed by atoms with Crippen molar-refractivity contribution in [2.45, 2.75) is 16.3 Å². The monoisotopic (exact) mass is 484 g/mol. The molecule has 0 unspecified atom stereocenters. The number of nitrogens with one attached hydrogen (secondary N) is 1. The van der Waals surface area contributed by atoms with Crippen LogP contribution in [0.5, 0.6) is 11.6 Å². The Morgan fingerprint density at radius 2 is 1.79 bits per heavy atom. The molecule has 172 valence electrons. The maximum atomic E-state index is 12.4. The van der Waals surface area contributed by atoms with E-state index in [0.717, 1.165) is 44.2 Å². The topological polar surface area (TPSA) is 76.6 Å². The first-order chi connectivity index (χ1) is 16.2. The second kappa shape index (κ2) is 12.0. The molecule has 7 nitrogen and oxygen atoms in total. The van der Waals surface area contributed by atoms with Crippen LogP contribution in [-0.2, 0) is 4.74 Å². The minimum absolute atomic E-state index is 0.0954. The maximum Gasteiger partial charge on any atom is 0.252 e. The molecule has 1 aliphatic heterocycles. The van der Waals surface area contributed by atoms with Crippen LogP contribution in [-0.4, -0.2) is 60.2 Å². The second-order valence-corrected chi connectivity index (χ2v) is 8.91. The van der Waals surface area contributed by atoms with E-state index < -0.39 is 0 Å². The third-order valence-electron chi connectivity index (χ3n) is 5.03. The maximum absolute atomic E-state index is 12.4. The highest BCUT2D eigenvalue weighted by molar-refractivity contribution is 7.99. The van der Waals surface area contributed by atoms with Crippen molar-refractivity contribution in [2.24, 2.45) is 0 Å². The molecule has 1 fully saturated rings. The number of hydrogen-bond donors (Lipinski definition) is 1. The molecule has 1 saturated heterocycles.